The second-order valence-corrected chi connectivity index (χ2v) is 16.1. The summed E-state index contributed by atoms with van der Waals surface area (Å²) in [5.41, 5.74) is 11.1. The third kappa shape index (κ3) is 6.27. The molecule has 7 aromatic carbocycles. The third-order valence-electron chi connectivity index (χ3n) is 12.5. The molecule has 2 aromatic heterocycles. The number of fused-ring (bicyclic) bond motifs is 5. The molecule has 0 fully saturated rings. The molecule has 3 nitrogen and oxygen atoms in total. The highest BCUT2D eigenvalue weighted by molar-refractivity contribution is 6.13. The molecule has 0 bridgehead atoms. The van der Waals surface area contributed by atoms with Gasteiger partial charge in [-0.05, 0) is 96.6 Å². The Hall–Kier alpha value is -7.23. The lowest BCUT2D eigenvalue weighted by Gasteiger charge is -2.28. The van der Waals surface area contributed by atoms with Crippen LogP contribution >= 0.6 is 0 Å². The van der Waals surface area contributed by atoms with Crippen molar-refractivity contribution in [1.29, 1.82) is 0 Å². The van der Waals surface area contributed by atoms with Gasteiger partial charge in [0.15, 0.2) is 5.82 Å². The molecule has 9 aromatic rings. The number of benzene rings is 7. The maximum Gasteiger partial charge on any atom is 0.160 e. The van der Waals surface area contributed by atoms with Crippen molar-refractivity contribution < 1.29 is 0 Å². The zero-order valence-electron chi connectivity index (χ0n) is 32.9. The molecule has 0 saturated carbocycles. The van der Waals surface area contributed by atoms with Crippen molar-refractivity contribution in [3.63, 3.8) is 0 Å². The van der Waals surface area contributed by atoms with Crippen molar-refractivity contribution in [1.82, 2.24) is 15.0 Å². The first-order valence-electron chi connectivity index (χ1n) is 20.6. The van der Waals surface area contributed by atoms with E-state index in [4.69, 9.17) is 9.97 Å². The Morgan fingerprint density at radius 3 is 2.02 bits per heavy atom. The lowest BCUT2D eigenvalue weighted by Crippen LogP contribution is -2.29. The molecule has 2 aliphatic carbocycles. The lowest BCUT2D eigenvalue weighted by molar-refractivity contribution is 0.580. The Bertz CT molecular complexity index is 3300. The van der Waals surface area contributed by atoms with Crippen molar-refractivity contribution in [3.8, 4) is 33.8 Å². The number of hydrogen-bond donors (Lipinski definition) is 0. The Balaban J connectivity index is 0.998. The average Bonchev–Trinajstić information content (AvgIpc) is 3.31. The number of nitrogens with zero attached hydrogens (tertiary/aromatic N) is 3. The summed E-state index contributed by atoms with van der Waals surface area (Å²) >= 11 is 0. The van der Waals surface area contributed by atoms with E-state index >= 15 is 0 Å². The van der Waals surface area contributed by atoms with Gasteiger partial charge in [-0.3, -0.25) is 4.98 Å². The second-order valence-electron chi connectivity index (χ2n) is 16.1. The summed E-state index contributed by atoms with van der Waals surface area (Å²) < 4.78 is 0. The van der Waals surface area contributed by atoms with Crippen LogP contribution in [-0.4, -0.2) is 15.0 Å². The predicted octanol–water partition coefficient (Wildman–Crippen LogP) is 12.4. The maximum absolute atomic E-state index is 5.36. The Labute approximate surface area is 344 Å². The van der Waals surface area contributed by atoms with Crippen molar-refractivity contribution in [3.05, 3.63) is 216 Å². The van der Waals surface area contributed by atoms with Crippen LogP contribution in [0, 0.1) is 0 Å². The fraction of sp³-hybridized carbons (Fsp3) is 0.0893. The molecule has 0 radical (unpaired) electrons. The van der Waals surface area contributed by atoms with Gasteiger partial charge in [0.1, 0.15) is 0 Å². The minimum Gasteiger partial charge on any atom is -0.263 e. The standard InChI is InChI=1S/C56H41N3/c1-56(31-29-40(30-32-56)52-36-57-35-44-13-4-7-17-48(44)52)54-34-53(58-55(59-54)42-27-23-38(24-28-42)46-20-10-14-37-11-2-5-15-45(37)46)41-25-21-39(22-26-41)51-33-43-12-3-6-16-47(43)49-18-8-9-19-50(49)51/h2-9,11-19,21-31,33-36H,10,20,32H2,1H3. The molecule has 0 amide bonds. The first-order valence-corrected chi connectivity index (χ1v) is 20.6. The first-order chi connectivity index (χ1) is 29.1. The first kappa shape index (κ1) is 35.0. The third-order valence-corrected chi connectivity index (χ3v) is 12.5. The molecule has 0 N–H and O–H groups in total. The summed E-state index contributed by atoms with van der Waals surface area (Å²) in [4.78, 5) is 15.2. The van der Waals surface area contributed by atoms with Crippen LogP contribution in [0.1, 0.15) is 43.0 Å². The smallest absolute Gasteiger partial charge is 0.160 e. The number of allylic oxidation sites excluding steroid dienone is 4. The fourth-order valence-corrected chi connectivity index (χ4v) is 9.18. The second kappa shape index (κ2) is 14.3. The summed E-state index contributed by atoms with van der Waals surface area (Å²) in [7, 11) is 0. The van der Waals surface area contributed by atoms with E-state index in [1.54, 1.807) is 0 Å². The van der Waals surface area contributed by atoms with Gasteiger partial charge in [0, 0.05) is 39.9 Å². The number of rotatable bonds is 6. The SMILES string of the molecule is CC1(c2cc(-c3ccc(-c4cc5ccccc5c5ccccc45)cc3)nc(-c3ccc(C4=c5ccccc5=CCC4)cc3)n2)C=CC(c2cncc3ccccc23)=CC1. The Morgan fingerprint density at radius 2 is 1.20 bits per heavy atom. The highest BCUT2D eigenvalue weighted by Gasteiger charge is 2.29. The van der Waals surface area contributed by atoms with E-state index in [1.807, 2.05) is 12.4 Å². The van der Waals surface area contributed by atoms with Gasteiger partial charge in [-0.1, -0.05) is 177 Å². The number of pyridine rings is 1. The minimum absolute atomic E-state index is 0.337. The molecular formula is C56H41N3. The topological polar surface area (TPSA) is 38.7 Å². The monoisotopic (exact) mass is 755 g/mol. The molecule has 2 aliphatic rings. The molecule has 59 heavy (non-hydrogen) atoms. The van der Waals surface area contributed by atoms with Gasteiger partial charge in [0.05, 0.1) is 11.4 Å². The van der Waals surface area contributed by atoms with Crippen molar-refractivity contribution >= 4 is 49.5 Å². The zero-order valence-corrected chi connectivity index (χ0v) is 32.9. The normalized spacial score (nSPS) is 16.2. The molecule has 280 valence electrons. The fourth-order valence-electron chi connectivity index (χ4n) is 9.18. The highest BCUT2D eigenvalue weighted by atomic mass is 14.9. The van der Waals surface area contributed by atoms with Crippen LogP contribution in [0.2, 0.25) is 0 Å². The van der Waals surface area contributed by atoms with E-state index in [0.717, 1.165) is 58.6 Å². The van der Waals surface area contributed by atoms with Gasteiger partial charge in [0.25, 0.3) is 0 Å². The highest BCUT2D eigenvalue weighted by Crippen LogP contribution is 2.40. The van der Waals surface area contributed by atoms with Gasteiger partial charge in [-0.2, -0.15) is 0 Å². The van der Waals surface area contributed by atoms with Gasteiger partial charge < -0.3 is 0 Å². The van der Waals surface area contributed by atoms with Crippen molar-refractivity contribution in [2.24, 2.45) is 0 Å². The molecule has 1 unspecified atom stereocenters. The molecular weight excluding hydrogens is 715 g/mol. The van der Waals surface area contributed by atoms with E-state index in [9.17, 15) is 0 Å². The molecule has 2 heterocycles. The Morgan fingerprint density at radius 1 is 0.525 bits per heavy atom. The van der Waals surface area contributed by atoms with Gasteiger partial charge in [-0.15, -0.1) is 0 Å². The van der Waals surface area contributed by atoms with Crippen molar-refractivity contribution in [2.75, 3.05) is 0 Å². The summed E-state index contributed by atoms with van der Waals surface area (Å²) in [6.45, 7) is 2.29. The van der Waals surface area contributed by atoms with E-state index in [-0.39, 0.29) is 5.41 Å². The molecule has 11 rings (SSSR count). The van der Waals surface area contributed by atoms with Crippen LogP contribution in [0.5, 0.6) is 0 Å². The largest absolute Gasteiger partial charge is 0.263 e. The minimum atomic E-state index is -0.337. The van der Waals surface area contributed by atoms with Crippen LogP contribution < -0.4 is 10.4 Å². The quantitative estimate of drug-likeness (QED) is 0.159. The predicted molar refractivity (Wildman–Crippen MR) is 246 cm³/mol. The van der Waals surface area contributed by atoms with Crippen molar-refractivity contribution in [2.45, 2.75) is 31.6 Å². The molecule has 0 spiro atoms. The van der Waals surface area contributed by atoms with E-state index in [1.165, 1.54) is 65.2 Å². The summed E-state index contributed by atoms with van der Waals surface area (Å²) in [6.07, 6.45) is 16.1. The van der Waals surface area contributed by atoms with Crippen LogP contribution in [0.15, 0.2) is 188 Å². The Kier molecular flexibility index (Phi) is 8.48. The number of aromatic nitrogens is 3. The van der Waals surface area contributed by atoms with E-state index in [2.05, 4.69) is 194 Å². The average molecular weight is 756 g/mol. The maximum atomic E-state index is 5.36. The zero-order chi connectivity index (χ0) is 39.3. The van der Waals surface area contributed by atoms with E-state index in [0.29, 0.717) is 0 Å². The summed E-state index contributed by atoms with van der Waals surface area (Å²) in [5, 5.41) is 10.1. The molecule has 0 aliphatic heterocycles. The molecule has 1 atom stereocenters. The van der Waals surface area contributed by atoms with Crippen LogP contribution in [0.4, 0.5) is 0 Å². The van der Waals surface area contributed by atoms with Gasteiger partial charge in [-0.25, -0.2) is 9.97 Å². The summed E-state index contributed by atoms with van der Waals surface area (Å²) in [5.74, 6) is 0.735. The number of hydrogen-bond acceptors (Lipinski definition) is 3. The van der Waals surface area contributed by atoms with Crippen LogP contribution in [0.3, 0.4) is 0 Å². The lowest BCUT2D eigenvalue weighted by atomic mass is 9.77. The van der Waals surface area contributed by atoms with Crippen LogP contribution in [0.25, 0.3) is 83.3 Å². The molecule has 0 saturated heterocycles. The van der Waals surface area contributed by atoms with Gasteiger partial charge in [0.2, 0.25) is 0 Å². The van der Waals surface area contributed by atoms with Crippen LogP contribution in [-0.2, 0) is 5.41 Å². The molecule has 3 heteroatoms. The van der Waals surface area contributed by atoms with Gasteiger partial charge >= 0.3 is 0 Å². The van der Waals surface area contributed by atoms with E-state index < -0.39 is 0 Å². The summed E-state index contributed by atoms with van der Waals surface area (Å²) in [6, 6.07) is 57.0.